The number of nitrogens with zero attached hydrogens (tertiary/aromatic N) is 2. The van der Waals surface area contributed by atoms with Gasteiger partial charge in [-0.05, 0) is 54.3 Å². The van der Waals surface area contributed by atoms with Crippen molar-refractivity contribution in [3.63, 3.8) is 0 Å². The van der Waals surface area contributed by atoms with E-state index in [1.165, 1.54) is 24.5 Å². The molecule has 34 heavy (non-hydrogen) atoms. The van der Waals surface area contributed by atoms with Crippen LogP contribution in [-0.4, -0.2) is 56.6 Å². The van der Waals surface area contributed by atoms with Crippen LogP contribution in [0.1, 0.15) is 12.8 Å². The van der Waals surface area contributed by atoms with Gasteiger partial charge in [-0.3, -0.25) is 14.6 Å². The number of amides is 1. The number of benzene rings is 2. The molecule has 0 bridgehead atoms. The molecule has 0 saturated carbocycles. The molecule has 0 spiro atoms. The van der Waals surface area contributed by atoms with Gasteiger partial charge >= 0.3 is 5.97 Å². The van der Waals surface area contributed by atoms with E-state index in [1.807, 2.05) is 12.1 Å². The zero-order chi connectivity index (χ0) is 24.6. The number of carboxylic acids is 1. The van der Waals surface area contributed by atoms with Crippen LogP contribution in [0.15, 0.2) is 75.6 Å². The van der Waals surface area contributed by atoms with Gasteiger partial charge in [-0.2, -0.15) is 4.72 Å². The maximum Gasteiger partial charge on any atom is 0.321 e. The van der Waals surface area contributed by atoms with E-state index < -0.39 is 22.0 Å². The highest BCUT2D eigenvalue weighted by molar-refractivity contribution is 7.89. The number of hydrogen-bond acceptors (Lipinski definition) is 6. The largest absolute Gasteiger partial charge is 0.480 e. The molecule has 9 nitrogen and oxygen atoms in total. The number of aliphatic imine (C=N–C) groups is 2. The summed E-state index contributed by atoms with van der Waals surface area (Å²) in [5.74, 6) is -1.66. The van der Waals surface area contributed by atoms with Gasteiger partial charge in [0.2, 0.25) is 15.9 Å². The molecule has 1 aliphatic heterocycles. The smallest absolute Gasteiger partial charge is 0.321 e. The summed E-state index contributed by atoms with van der Waals surface area (Å²) in [6, 6.07) is 11.6. The number of carboxylic acid groups (broad SMARTS) is 1. The lowest BCUT2D eigenvalue weighted by Gasteiger charge is -2.15. The van der Waals surface area contributed by atoms with Crippen LogP contribution in [0.25, 0.3) is 11.1 Å². The average Bonchev–Trinajstić information content (AvgIpc) is 3.34. The predicted molar refractivity (Wildman–Crippen MR) is 131 cm³/mol. The molecule has 0 saturated heterocycles. The fourth-order valence-electron chi connectivity index (χ4n) is 3.10. The van der Waals surface area contributed by atoms with Crippen LogP contribution >= 0.6 is 11.6 Å². The van der Waals surface area contributed by atoms with Crippen molar-refractivity contribution in [1.82, 2.24) is 10.0 Å². The van der Waals surface area contributed by atoms with Crippen molar-refractivity contribution < 1.29 is 23.1 Å². The van der Waals surface area contributed by atoms with E-state index in [0.717, 1.165) is 11.1 Å². The standard InChI is InChI=1S/C23H23ClN4O5S/c24-18-7-3-16(4-8-18)17-5-10-20(11-6-17)34(32,33)28-21(23(30)31)2-1-13-26-22(29)12-9-19-14-25-15-27-19/h3-12,14-15,19,21,28H,1-2,13H2,(H,26,29)(H,30,31)/b12-9+. The number of aliphatic carboxylic acids is 1. The van der Waals surface area contributed by atoms with E-state index >= 15 is 0 Å². The van der Waals surface area contributed by atoms with Gasteiger partial charge in [-0.25, -0.2) is 13.4 Å². The second-order valence-electron chi connectivity index (χ2n) is 7.39. The maximum absolute atomic E-state index is 12.7. The highest BCUT2D eigenvalue weighted by Crippen LogP contribution is 2.23. The number of rotatable bonds is 11. The summed E-state index contributed by atoms with van der Waals surface area (Å²) in [6.45, 7) is 0.187. The van der Waals surface area contributed by atoms with Gasteiger partial charge in [-0.15, -0.1) is 0 Å². The summed E-state index contributed by atoms with van der Waals surface area (Å²) in [6.07, 6.45) is 6.14. The molecule has 1 amide bonds. The summed E-state index contributed by atoms with van der Waals surface area (Å²) in [4.78, 5) is 31.1. The Morgan fingerprint density at radius 1 is 1.09 bits per heavy atom. The topological polar surface area (TPSA) is 137 Å². The van der Waals surface area contributed by atoms with Gasteiger partial charge in [0.1, 0.15) is 18.4 Å². The molecule has 1 aliphatic rings. The van der Waals surface area contributed by atoms with Gasteiger partial charge in [-0.1, -0.05) is 35.9 Å². The first kappa shape index (κ1) is 25.3. The molecule has 2 unspecified atom stereocenters. The molecule has 0 aliphatic carbocycles. The molecule has 0 fully saturated rings. The second kappa shape index (κ2) is 11.7. The minimum atomic E-state index is -4.06. The lowest BCUT2D eigenvalue weighted by atomic mass is 10.1. The van der Waals surface area contributed by atoms with Gasteiger partial charge in [0.25, 0.3) is 0 Å². The normalized spacial score (nSPS) is 16.1. The highest BCUT2D eigenvalue weighted by Gasteiger charge is 2.25. The van der Waals surface area contributed by atoms with Crippen LogP contribution in [0.2, 0.25) is 5.02 Å². The van der Waals surface area contributed by atoms with Crippen molar-refractivity contribution in [3.8, 4) is 11.1 Å². The van der Waals surface area contributed by atoms with Crippen molar-refractivity contribution >= 4 is 46.1 Å². The fourth-order valence-corrected chi connectivity index (χ4v) is 4.45. The molecule has 1 heterocycles. The van der Waals surface area contributed by atoms with Crippen LogP contribution in [0.3, 0.4) is 0 Å². The van der Waals surface area contributed by atoms with Crippen LogP contribution < -0.4 is 10.0 Å². The van der Waals surface area contributed by atoms with Crippen LogP contribution in [0.5, 0.6) is 0 Å². The van der Waals surface area contributed by atoms with Crippen LogP contribution in [-0.2, 0) is 19.6 Å². The van der Waals surface area contributed by atoms with Crippen LogP contribution in [0.4, 0.5) is 0 Å². The third-order valence-corrected chi connectivity index (χ3v) is 6.64. The summed E-state index contributed by atoms with van der Waals surface area (Å²) >= 11 is 5.89. The van der Waals surface area contributed by atoms with Crippen molar-refractivity contribution in [3.05, 3.63) is 65.7 Å². The minimum absolute atomic E-state index is 0.000984. The lowest BCUT2D eigenvalue weighted by molar-refractivity contribution is -0.139. The highest BCUT2D eigenvalue weighted by atomic mass is 35.5. The Balaban J connectivity index is 1.52. The van der Waals surface area contributed by atoms with Gasteiger partial charge in [0, 0.05) is 23.9 Å². The SMILES string of the molecule is O=C(/C=C/C1C=NC=N1)NCCCC(NS(=O)(=O)c1ccc(-c2ccc(Cl)cc2)cc1)C(=O)O. The third kappa shape index (κ3) is 7.34. The summed E-state index contributed by atoms with van der Waals surface area (Å²) in [7, 11) is -4.06. The first-order valence-electron chi connectivity index (χ1n) is 10.4. The summed E-state index contributed by atoms with van der Waals surface area (Å²) < 4.78 is 27.6. The second-order valence-corrected chi connectivity index (χ2v) is 9.54. The van der Waals surface area contributed by atoms with E-state index in [0.29, 0.717) is 5.02 Å². The molecule has 2 aromatic carbocycles. The number of halogens is 1. The molecule has 0 radical (unpaired) electrons. The average molecular weight is 503 g/mol. The molecule has 178 valence electrons. The first-order valence-corrected chi connectivity index (χ1v) is 12.2. The Morgan fingerprint density at radius 2 is 1.74 bits per heavy atom. The van der Waals surface area contributed by atoms with Crippen molar-refractivity contribution in [2.24, 2.45) is 9.98 Å². The summed E-state index contributed by atoms with van der Waals surface area (Å²) in [5, 5.41) is 12.7. The third-order valence-electron chi connectivity index (χ3n) is 4.90. The van der Waals surface area contributed by atoms with E-state index in [9.17, 15) is 23.1 Å². The maximum atomic E-state index is 12.7. The van der Waals surface area contributed by atoms with E-state index in [-0.39, 0.29) is 36.2 Å². The van der Waals surface area contributed by atoms with Gasteiger partial charge in [0.15, 0.2) is 0 Å². The van der Waals surface area contributed by atoms with Crippen molar-refractivity contribution in [2.45, 2.75) is 29.8 Å². The van der Waals surface area contributed by atoms with Gasteiger partial charge < -0.3 is 10.4 Å². The number of sulfonamides is 1. The predicted octanol–water partition coefficient (Wildman–Crippen LogP) is 2.67. The molecule has 0 aromatic heterocycles. The molecule has 11 heteroatoms. The van der Waals surface area contributed by atoms with Gasteiger partial charge in [0.05, 0.1) is 4.90 Å². The minimum Gasteiger partial charge on any atom is -0.480 e. The monoisotopic (exact) mass is 502 g/mol. The fraction of sp³-hybridized carbons (Fsp3) is 0.217. The molecule has 3 rings (SSSR count). The van der Waals surface area contributed by atoms with E-state index in [1.54, 1.807) is 36.6 Å². The van der Waals surface area contributed by atoms with Crippen molar-refractivity contribution in [1.29, 1.82) is 0 Å². The van der Waals surface area contributed by atoms with Crippen molar-refractivity contribution in [2.75, 3.05) is 6.54 Å². The Morgan fingerprint density at radius 3 is 2.32 bits per heavy atom. The zero-order valence-corrected chi connectivity index (χ0v) is 19.5. The first-order chi connectivity index (χ1) is 16.2. The number of carbonyl (C=O) groups excluding carboxylic acids is 1. The molecular formula is C23H23ClN4O5S. The Hall–Kier alpha value is -3.34. The molecular weight excluding hydrogens is 480 g/mol. The van der Waals surface area contributed by atoms with Crippen LogP contribution in [0, 0.1) is 0 Å². The zero-order valence-electron chi connectivity index (χ0n) is 18.0. The Bertz CT molecular complexity index is 1200. The lowest BCUT2D eigenvalue weighted by Crippen LogP contribution is -2.41. The molecule has 3 N–H and O–H groups in total. The Labute approximate surface area is 202 Å². The Kier molecular flexibility index (Phi) is 8.69. The molecule has 2 aromatic rings. The molecule has 2 atom stereocenters. The quantitative estimate of drug-likeness (QED) is 0.320. The number of hydrogen-bond donors (Lipinski definition) is 3. The number of nitrogens with one attached hydrogen (secondary N) is 2. The summed E-state index contributed by atoms with van der Waals surface area (Å²) in [5.41, 5.74) is 1.66. The van der Waals surface area contributed by atoms with E-state index in [2.05, 4.69) is 20.0 Å². The van der Waals surface area contributed by atoms with E-state index in [4.69, 9.17) is 11.6 Å². The number of carbonyl (C=O) groups is 2.